The highest BCUT2D eigenvalue weighted by atomic mass is 32.1. The molecule has 1 aliphatic heterocycles. The van der Waals surface area contributed by atoms with Crippen molar-refractivity contribution in [2.45, 2.75) is 65.1 Å². The molecule has 1 N–H and O–H groups in total. The second-order valence-corrected chi connectivity index (χ2v) is 6.92. The molecule has 0 saturated carbocycles. The van der Waals surface area contributed by atoms with Gasteiger partial charge in [0.25, 0.3) is 0 Å². The molecule has 1 aliphatic rings. The highest BCUT2D eigenvalue weighted by Crippen LogP contribution is 2.31. The molecule has 1 saturated heterocycles. The Balaban J connectivity index is 2.11. The average molecular weight is 294 g/mol. The van der Waals surface area contributed by atoms with Crippen LogP contribution in [-0.2, 0) is 4.79 Å². The van der Waals surface area contributed by atoms with Gasteiger partial charge < -0.3 is 4.90 Å². The van der Waals surface area contributed by atoms with Gasteiger partial charge in [0.15, 0.2) is 0 Å². The molecule has 1 fully saturated rings. The monoisotopic (exact) mass is 294 g/mol. The molecule has 1 aromatic rings. The normalized spacial score (nSPS) is 22.8. The van der Waals surface area contributed by atoms with Gasteiger partial charge in [-0.15, -0.1) is 11.3 Å². The SMILES string of the molecule is CCCCCN1C(=O)C(CCC)NC1c1ccc(C)s1. The summed E-state index contributed by atoms with van der Waals surface area (Å²) in [5, 5.41) is 3.54. The van der Waals surface area contributed by atoms with Gasteiger partial charge in [-0.3, -0.25) is 10.1 Å². The summed E-state index contributed by atoms with van der Waals surface area (Å²) >= 11 is 1.79. The summed E-state index contributed by atoms with van der Waals surface area (Å²) in [6, 6.07) is 4.31. The van der Waals surface area contributed by atoms with Crippen molar-refractivity contribution >= 4 is 17.2 Å². The highest BCUT2D eigenvalue weighted by Gasteiger charge is 2.39. The first-order chi connectivity index (χ1) is 9.67. The molecule has 4 heteroatoms. The lowest BCUT2D eigenvalue weighted by molar-refractivity contribution is -0.130. The second kappa shape index (κ2) is 7.23. The summed E-state index contributed by atoms with van der Waals surface area (Å²) in [5.41, 5.74) is 0. The topological polar surface area (TPSA) is 32.3 Å². The van der Waals surface area contributed by atoms with Crippen molar-refractivity contribution < 1.29 is 4.79 Å². The van der Waals surface area contributed by atoms with Crippen molar-refractivity contribution in [3.05, 3.63) is 21.9 Å². The zero-order chi connectivity index (χ0) is 14.5. The Bertz CT molecular complexity index is 443. The minimum Gasteiger partial charge on any atom is -0.321 e. The fraction of sp³-hybridized carbons (Fsp3) is 0.688. The van der Waals surface area contributed by atoms with Crippen LogP contribution in [0, 0.1) is 6.92 Å². The summed E-state index contributed by atoms with van der Waals surface area (Å²) in [5.74, 6) is 0.291. The van der Waals surface area contributed by atoms with Crippen molar-refractivity contribution in [3.63, 3.8) is 0 Å². The van der Waals surface area contributed by atoms with Crippen LogP contribution >= 0.6 is 11.3 Å². The Morgan fingerprint density at radius 2 is 2.05 bits per heavy atom. The number of hydrogen-bond acceptors (Lipinski definition) is 3. The molecule has 3 nitrogen and oxygen atoms in total. The molecular weight excluding hydrogens is 268 g/mol. The molecule has 1 aromatic heterocycles. The Morgan fingerprint density at radius 3 is 2.65 bits per heavy atom. The molecular formula is C16H26N2OS. The number of carbonyl (C=O) groups is 1. The van der Waals surface area contributed by atoms with Crippen molar-refractivity contribution in [2.24, 2.45) is 0 Å². The molecule has 0 radical (unpaired) electrons. The molecule has 112 valence electrons. The Morgan fingerprint density at radius 1 is 1.25 bits per heavy atom. The lowest BCUT2D eigenvalue weighted by atomic mass is 10.1. The lowest BCUT2D eigenvalue weighted by Crippen LogP contribution is -2.31. The summed E-state index contributed by atoms with van der Waals surface area (Å²) in [6.45, 7) is 7.33. The summed E-state index contributed by atoms with van der Waals surface area (Å²) in [7, 11) is 0. The van der Waals surface area contributed by atoms with E-state index < -0.39 is 0 Å². The highest BCUT2D eigenvalue weighted by molar-refractivity contribution is 7.12. The van der Waals surface area contributed by atoms with Gasteiger partial charge in [-0.1, -0.05) is 33.1 Å². The van der Waals surface area contributed by atoms with Crippen molar-refractivity contribution in [3.8, 4) is 0 Å². The predicted molar refractivity (Wildman–Crippen MR) is 84.9 cm³/mol. The maximum absolute atomic E-state index is 12.5. The predicted octanol–water partition coefficient (Wildman–Crippen LogP) is 3.85. The van der Waals surface area contributed by atoms with Crippen molar-refractivity contribution in [1.29, 1.82) is 0 Å². The number of thiophene rings is 1. The van der Waals surface area contributed by atoms with E-state index in [0.29, 0.717) is 5.91 Å². The molecule has 1 amide bonds. The van der Waals surface area contributed by atoms with Gasteiger partial charge in [0, 0.05) is 16.3 Å². The van der Waals surface area contributed by atoms with E-state index in [1.54, 1.807) is 11.3 Å². The van der Waals surface area contributed by atoms with Crippen LogP contribution < -0.4 is 5.32 Å². The van der Waals surface area contributed by atoms with Crippen LogP contribution in [0.5, 0.6) is 0 Å². The first-order valence-corrected chi connectivity index (χ1v) is 8.61. The molecule has 0 bridgehead atoms. The number of nitrogens with zero attached hydrogens (tertiary/aromatic N) is 1. The number of carbonyl (C=O) groups excluding carboxylic acids is 1. The summed E-state index contributed by atoms with van der Waals surface area (Å²) < 4.78 is 0. The van der Waals surface area contributed by atoms with E-state index in [4.69, 9.17) is 0 Å². The third-order valence-electron chi connectivity index (χ3n) is 3.86. The Labute approximate surface area is 126 Å². The first kappa shape index (κ1) is 15.5. The van der Waals surface area contributed by atoms with Crippen LogP contribution in [0.2, 0.25) is 0 Å². The number of rotatable bonds is 7. The third kappa shape index (κ3) is 3.41. The average Bonchev–Trinajstić information content (AvgIpc) is 2.97. The standard InChI is InChI=1S/C16H26N2OS/c1-4-6-7-11-18-15(14-10-9-12(3)20-14)17-13(8-5-2)16(18)19/h9-10,13,15,17H,4-8,11H2,1-3H3. The Kier molecular flexibility index (Phi) is 5.61. The quantitative estimate of drug-likeness (QED) is 0.775. The molecule has 2 heterocycles. The minimum atomic E-state index is 0.00836. The van der Waals surface area contributed by atoms with Crippen LogP contribution in [0.1, 0.15) is 61.9 Å². The zero-order valence-electron chi connectivity index (χ0n) is 12.8. The van der Waals surface area contributed by atoms with Crippen molar-refractivity contribution in [2.75, 3.05) is 6.54 Å². The van der Waals surface area contributed by atoms with Gasteiger partial charge in [-0.05, 0) is 31.9 Å². The van der Waals surface area contributed by atoms with Gasteiger partial charge in [0.2, 0.25) is 5.91 Å². The zero-order valence-corrected chi connectivity index (χ0v) is 13.6. The van der Waals surface area contributed by atoms with Crippen LogP contribution in [0.4, 0.5) is 0 Å². The molecule has 2 rings (SSSR count). The Hall–Kier alpha value is -0.870. The summed E-state index contributed by atoms with van der Waals surface area (Å²) in [4.78, 5) is 17.2. The van der Waals surface area contributed by atoms with Gasteiger partial charge in [-0.25, -0.2) is 0 Å². The van der Waals surface area contributed by atoms with E-state index in [1.165, 1.54) is 22.6 Å². The number of nitrogens with one attached hydrogen (secondary N) is 1. The molecule has 2 unspecified atom stereocenters. The van der Waals surface area contributed by atoms with Gasteiger partial charge >= 0.3 is 0 Å². The second-order valence-electron chi connectivity index (χ2n) is 5.60. The van der Waals surface area contributed by atoms with E-state index in [1.807, 2.05) is 0 Å². The van der Waals surface area contributed by atoms with Crippen LogP contribution in [0.25, 0.3) is 0 Å². The van der Waals surface area contributed by atoms with E-state index >= 15 is 0 Å². The maximum Gasteiger partial charge on any atom is 0.241 e. The molecule has 20 heavy (non-hydrogen) atoms. The fourth-order valence-corrected chi connectivity index (χ4v) is 3.73. The molecule has 0 aromatic carbocycles. The summed E-state index contributed by atoms with van der Waals surface area (Å²) in [6.07, 6.45) is 5.56. The maximum atomic E-state index is 12.5. The van der Waals surface area contributed by atoms with Gasteiger partial charge in [0.1, 0.15) is 6.17 Å². The van der Waals surface area contributed by atoms with Crippen LogP contribution in [0.15, 0.2) is 12.1 Å². The number of hydrogen-bond donors (Lipinski definition) is 1. The van der Waals surface area contributed by atoms with Gasteiger partial charge in [0.05, 0.1) is 6.04 Å². The van der Waals surface area contributed by atoms with Gasteiger partial charge in [-0.2, -0.15) is 0 Å². The molecule has 0 aliphatic carbocycles. The first-order valence-electron chi connectivity index (χ1n) is 7.80. The fourth-order valence-electron chi connectivity index (χ4n) is 2.78. The molecule has 2 atom stereocenters. The number of unbranched alkanes of at least 4 members (excludes halogenated alkanes) is 2. The van der Waals surface area contributed by atoms with E-state index in [0.717, 1.165) is 25.8 Å². The minimum absolute atomic E-state index is 0.00836. The van der Waals surface area contributed by atoms with Crippen molar-refractivity contribution in [1.82, 2.24) is 10.2 Å². The third-order valence-corrected chi connectivity index (χ3v) is 4.92. The molecule has 0 spiro atoms. The number of aryl methyl sites for hydroxylation is 1. The van der Waals surface area contributed by atoms with E-state index in [2.05, 4.69) is 43.1 Å². The van der Waals surface area contributed by atoms with Crippen LogP contribution in [0.3, 0.4) is 0 Å². The smallest absolute Gasteiger partial charge is 0.241 e. The largest absolute Gasteiger partial charge is 0.321 e. The van der Waals surface area contributed by atoms with E-state index in [-0.39, 0.29) is 12.2 Å². The van der Waals surface area contributed by atoms with E-state index in [9.17, 15) is 4.79 Å². The van der Waals surface area contributed by atoms with Crippen LogP contribution in [-0.4, -0.2) is 23.4 Å². The number of amides is 1. The lowest BCUT2D eigenvalue weighted by Gasteiger charge is -2.23.